The van der Waals surface area contributed by atoms with Gasteiger partial charge in [-0.25, -0.2) is 0 Å². The van der Waals surface area contributed by atoms with E-state index >= 15 is 0 Å². The number of carbonyl (C=O) groups is 1. The summed E-state index contributed by atoms with van der Waals surface area (Å²) >= 11 is 0. The van der Waals surface area contributed by atoms with Gasteiger partial charge in [0.2, 0.25) is 5.82 Å². The summed E-state index contributed by atoms with van der Waals surface area (Å²) in [5.74, 6) is -0.965. The van der Waals surface area contributed by atoms with Crippen molar-refractivity contribution in [3.63, 3.8) is 0 Å². The molecular formula is C14H17FN2O3. The van der Waals surface area contributed by atoms with Crippen LogP contribution in [0.4, 0.5) is 10.1 Å². The number of nitro benzene ring substituents is 1. The summed E-state index contributed by atoms with van der Waals surface area (Å²) in [4.78, 5) is 21.8. The Morgan fingerprint density at radius 1 is 1.40 bits per heavy atom. The first-order chi connectivity index (χ1) is 9.49. The molecule has 1 aliphatic carbocycles. The molecule has 0 aliphatic heterocycles. The maximum Gasteiger partial charge on any atom is 0.304 e. The lowest BCUT2D eigenvalue weighted by molar-refractivity contribution is -0.387. The van der Waals surface area contributed by atoms with Crippen LogP contribution in [0.25, 0.3) is 0 Å². The van der Waals surface area contributed by atoms with Crippen LogP contribution in [-0.4, -0.2) is 16.9 Å². The predicted octanol–water partition coefficient (Wildman–Crippen LogP) is 3.04. The minimum atomic E-state index is -0.987. The monoisotopic (exact) mass is 280 g/mol. The number of hydrogen-bond donors (Lipinski definition) is 1. The quantitative estimate of drug-likeness (QED) is 0.683. The molecule has 1 fully saturated rings. The second-order valence-electron chi connectivity index (χ2n) is 5.26. The Labute approximate surface area is 116 Å². The molecule has 2 unspecified atom stereocenters. The number of rotatable bonds is 3. The highest BCUT2D eigenvalue weighted by Crippen LogP contribution is 2.24. The topological polar surface area (TPSA) is 72.2 Å². The van der Waals surface area contributed by atoms with Crippen molar-refractivity contribution in [3.8, 4) is 0 Å². The molecule has 0 bridgehead atoms. The summed E-state index contributed by atoms with van der Waals surface area (Å²) in [5, 5.41) is 13.4. The number of amides is 1. The molecule has 2 atom stereocenters. The first-order valence-electron chi connectivity index (χ1n) is 6.74. The number of halogens is 1. The van der Waals surface area contributed by atoms with Crippen molar-refractivity contribution < 1.29 is 14.1 Å². The number of carbonyl (C=O) groups excluding carboxylic acids is 1. The summed E-state index contributed by atoms with van der Waals surface area (Å²) < 4.78 is 13.5. The van der Waals surface area contributed by atoms with Crippen LogP contribution in [0.5, 0.6) is 0 Å². The van der Waals surface area contributed by atoms with Gasteiger partial charge in [0.15, 0.2) is 0 Å². The van der Waals surface area contributed by atoms with Crippen LogP contribution in [0, 0.1) is 21.8 Å². The fourth-order valence-electron chi connectivity index (χ4n) is 2.58. The zero-order valence-corrected chi connectivity index (χ0v) is 11.3. The van der Waals surface area contributed by atoms with Gasteiger partial charge in [-0.3, -0.25) is 14.9 Å². The third kappa shape index (κ3) is 3.12. The van der Waals surface area contributed by atoms with Crippen molar-refractivity contribution in [1.29, 1.82) is 0 Å². The molecule has 1 N–H and O–H groups in total. The fourth-order valence-corrected chi connectivity index (χ4v) is 2.58. The number of nitrogens with zero attached hydrogens (tertiary/aromatic N) is 1. The summed E-state index contributed by atoms with van der Waals surface area (Å²) in [6.45, 7) is 2.08. The zero-order valence-electron chi connectivity index (χ0n) is 11.3. The summed E-state index contributed by atoms with van der Waals surface area (Å²) in [6.07, 6.45) is 4.23. The molecule has 0 spiro atoms. The van der Waals surface area contributed by atoms with E-state index in [4.69, 9.17) is 0 Å². The summed E-state index contributed by atoms with van der Waals surface area (Å²) in [6, 6.07) is 3.31. The van der Waals surface area contributed by atoms with Crippen molar-refractivity contribution in [2.24, 2.45) is 5.92 Å². The molecule has 0 aromatic heterocycles. The number of benzene rings is 1. The summed E-state index contributed by atoms with van der Waals surface area (Å²) in [7, 11) is 0. The van der Waals surface area contributed by atoms with Crippen LogP contribution in [-0.2, 0) is 0 Å². The second-order valence-corrected chi connectivity index (χ2v) is 5.26. The average molecular weight is 280 g/mol. The van der Waals surface area contributed by atoms with Gasteiger partial charge >= 0.3 is 5.69 Å². The molecule has 6 heteroatoms. The van der Waals surface area contributed by atoms with Crippen molar-refractivity contribution >= 4 is 11.6 Å². The third-order valence-electron chi connectivity index (χ3n) is 3.83. The maximum absolute atomic E-state index is 13.5. The number of hydrogen-bond acceptors (Lipinski definition) is 3. The molecule has 20 heavy (non-hydrogen) atoms. The van der Waals surface area contributed by atoms with Gasteiger partial charge in [0.25, 0.3) is 5.91 Å². The largest absolute Gasteiger partial charge is 0.349 e. The third-order valence-corrected chi connectivity index (χ3v) is 3.83. The Morgan fingerprint density at radius 2 is 2.10 bits per heavy atom. The average Bonchev–Trinajstić information content (AvgIpc) is 2.40. The minimum Gasteiger partial charge on any atom is -0.349 e. The molecule has 0 heterocycles. The molecule has 1 saturated carbocycles. The molecule has 0 radical (unpaired) electrons. The van der Waals surface area contributed by atoms with E-state index in [9.17, 15) is 19.3 Å². The Bertz CT molecular complexity index is 533. The number of nitrogens with one attached hydrogen (secondary N) is 1. The molecule has 5 nitrogen and oxygen atoms in total. The van der Waals surface area contributed by atoms with E-state index in [1.807, 2.05) is 0 Å². The van der Waals surface area contributed by atoms with Gasteiger partial charge in [0.1, 0.15) is 0 Å². The van der Waals surface area contributed by atoms with Crippen molar-refractivity contribution in [3.05, 3.63) is 39.7 Å². The molecule has 1 amide bonds. The van der Waals surface area contributed by atoms with Crippen molar-refractivity contribution in [2.75, 3.05) is 0 Å². The van der Waals surface area contributed by atoms with E-state index < -0.39 is 16.4 Å². The van der Waals surface area contributed by atoms with E-state index in [1.165, 1.54) is 12.5 Å². The smallest absolute Gasteiger partial charge is 0.304 e. The van der Waals surface area contributed by atoms with Crippen LogP contribution >= 0.6 is 0 Å². The van der Waals surface area contributed by atoms with Gasteiger partial charge in [0, 0.05) is 17.7 Å². The Morgan fingerprint density at radius 3 is 2.70 bits per heavy atom. The standard InChI is InChI=1S/C14H17FN2O3/c1-9-4-2-3-5-12(9)16-14(18)10-6-7-13(17(19)20)11(15)8-10/h6-9,12H,2-5H2,1H3,(H,16,18). The predicted molar refractivity (Wildman–Crippen MR) is 71.9 cm³/mol. The molecule has 2 rings (SSSR count). The molecule has 0 saturated heterocycles. The van der Waals surface area contributed by atoms with E-state index in [0.29, 0.717) is 5.92 Å². The van der Waals surface area contributed by atoms with Gasteiger partial charge in [-0.1, -0.05) is 19.8 Å². The fraction of sp³-hybridized carbons (Fsp3) is 0.500. The highest BCUT2D eigenvalue weighted by molar-refractivity contribution is 5.94. The zero-order chi connectivity index (χ0) is 14.7. The normalized spacial score (nSPS) is 22.3. The number of nitro groups is 1. The van der Waals surface area contributed by atoms with Crippen LogP contribution in [0.2, 0.25) is 0 Å². The highest BCUT2D eigenvalue weighted by Gasteiger charge is 2.24. The van der Waals surface area contributed by atoms with Crippen molar-refractivity contribution in [2.45, 2.75) is 38.6 Å². The summed E-state index contributed by atoms with van der Waals surface area (Å²) in [5.41, 5.74) is -0.501. The lowest BCUT2D eigenvalue weighted by Gasteiger charge is -2.29. The molecule has 108 valence electrons. The van der Waals surface area contributed by atoms with E-state index in [1.54, 1.807) is 0 Å². The Kier molecular flexibility index (Phi) is 4.32. The lowest BCUT2D eigenvalue weighted by atomic mass is 9.86. The van der Waals surface area contributed by atoms with Crippen LogP contribution < -0.4 is 5.32 Å². The Balaban J connectivity index is 2.09. The van der Waals surface area contributed by atoms with E-state index in [2.05, 4.69) is 12.2 Å². The molecule has 1 aliphatic rings. The second kappa shape index (κ2) is 5.98. The maximum atomic E-state index is 13.5. The van der Waals surface area contributed by atoms with Gasteiger partial charge < -0.3 is 5.32 Å². The SMILES string of the molecule is CC1CCCCC1NC(=O)c1ccc([N+](=O)[O-])c(F)c1. The molecular weight excluding hydrogens is 263 g/mol. The van der Waals surface area contributed by atoms with Crippen LogP contribution in [0.15, 0.2) is 18.2 Å². The van der Waals surface area contributed by atoms with Gasteiger partial charge in [-0.05, 0) is 30.9 Å². The highest BCUT2D eigenvalue weighted by atomic mass is 19.1. The van der Waals surface area contributed by atoms with Gasteiger partial charge in [-0.2, -0.15) is 4.39 Å². The Hall–Kier alpha value is -1.98. The first kappa shape index (κ1) is 14.4. The van der Waals surface area contributed by atoms with Gasteiger partial charge in [-0.15, -0.1) is 0 Å². The van der Waals surface area contributed by atoms with E-state index in [-0.39, 0.29) is 17.5 Å². The van der Waals surface area contributed by atoms with Crippen molar-refractivity contribution in [1.82, 2.24) is 5.32 Å². The first-order valence-corrected chi connectivity index (χ1v) is 6.74. The molecule has 1 aromatic carbocycles. The van der Waals surface area contributed by atoms with Crippen LogP contribution in [0.1, 0.15) is 43.0 Å². The molecule has 1 aromatic rings. The van der Waals surface area contributed by atoms with Crippen LogP contribution in [0.3, 0.4) is 0 Å². The van der Waals surface area contributed by atoms with E-state index in [0.717, 1.165) is 31.4 Å². The van der Waals surface area contributed by atoms with Gasteiger partial charge in [0.05, 0.1) is 4.92 Å². The lowest BCUT2D eigenvalue weighted by Crippen LogP contribution is -2.41. The minimum absolute atomic E-state index is 0.0921.